The van der Waals surface area contributed by atoms with Crippen LogP contribution in [0, 0.1) is 0 Å². The smallest absolute Gasteiger partial charge is 0.395 e. The molecule has 0 radical (unpaired) electrons. The summed E-state index contributed by atoms with van der Waals surface area (Å²) in [6, 6.07) is 4.33. The minimum absolute atomic E-state index is 0.00521. The first-order chi connectivity index (χ1) is 10.6. The Bertz CT molecular complexity index is 711. The fraction of sp³-hybridized carbons (Fsp3) is 0.500. The summed E-state index contributed by atoms with van der Waals surface area (Å²) >= 11 is 0. The second-order valence-corrected chi connectivity index (χ2v) is 7.99. The molecule has 1 aliphatic heterocycles. The number of alkyl halides is 3. The molecule has 0 saturated heterocycles. The van der Waals surface area contributed by atoms with Crippen LogP contribution in [0.15, 0.2) is 28.6 Å². The van der Waals surface area contributed by atoms with Gasteiger partial charge >= 0.3 is 6.18 Å². The molecular formula is C14H17F3N2O3S. The highest BCUT2D eigenvalue weighted by molar-refractivity contribution is 7.93. The average Bonchev–Trinajstić information content (AvgIpc) is 2.44. The van der Waals surface area contributed by atoms with Crippen molar-refractivity contribution in [1.82, 2.24) is 0 Å². The lowest BCUT2D eigenvalue weighted by atomic mass is 9.95. The third kappa shape index (κ3) is 4.23. The summed E-state index contributed by atoms with van der Waals surface area (Å²) < 4.78 is 55.8. The van der Waals surface area contributed by atoms with Crippen LogP contribution in [0.25, 0.3) is 0 Å². The van der Waals surface area contributed by atoms with Gasteiger partial charge in [0.1, 0.15) is 5.75 Å². The molecule has 0 aromatic heterocycles. The van der Waals surface area contributed by atoms with E-state index in [0.717, 1.165) is 0 Å². The number of nitrogens with two attached hydrogens (primary N) is 1. The van der Waals surface area contributed by atoms with Crippen LogP contribution in [-0.4, -0.2) is 38.9 Å². The van der Waals surface area contributed by atoms with Gasteiger partial charge in [0.25, 0.3) is 5.91 Å². The van der Waals surface area contributed by atoms with E-state index in [1.165, 1.54) is 24.3 Å². The van der Waals surface area contributed by atoms with Crippen LogP contribution >= 0.6 is 0 Å². The van der Waals surface area contributed by atoms with E-state index in [1.54, 1.807) is 0 Å². The number of amides is 1. The summed E-state index contributed by atoms with van der Waals surface area (Å²) in [6.07, 6.45) is -4.98. The molecule has 1 aromatic rings. The third-order valence-electron chi connectivity index (χ3n) is 3.75. The number of phenolic OH excluding ortho intramolecular Hbond substituents is 1. The third-order valence-corrected chi connectivity index (χ3v) is 6.01. The van der Waals surface area contributed by atoms with Gasteiger partial charge in [0.2, 0.25) is 0 Å². The SMILES string of the molecule is NC1CCS(=O)(CCC(c2ccccc2O)C(F)(F)F)=NC1=O. The fourth-order valence-corrected chi connectivity index (χ4v) is 4.52. The molecule has 5 nitrogen and oxygen atoms in total. The lowest BCUT2D eigenvalue weighted by Crippen LogP contribution is -2.37. The number of benzene rings is 1. The molecule has 3 atom stereocenters. The molecule has 3 unspecified atom stereocenters. The molecule has 2 rings (SSSR count). The monoisotopic (exact) mass is 350 g/mol. The van der Waals surface area contributed by atoms with Crippen LogP contribution in [0.2, 0.25) is 0 Å². The molecule has 3 N–H and O–H groups in total. The molecule has 0 fully saturated rings. The molecule has 128 valence electrons. The quantitative estimate of drug-likeness (QED) is 0.870. The predicted octanol–water partition coefficient (Wildman–Crippen LogP) is 2.15. The number of nitrogens with zero attached hydrogens (tertiary/aromatic N) is 1. The summed E-state index contributed by atoms with van der Waals surface area (Å²) in [5, 5.41) is 9.66. The molecule has 9 heteroatoms. The Labute approximate surface area is 131 Å². The van der Waals surface area contributed by atoms with E-state index < -0.39 is 45.9 Å². The van der Waals surface area contributed by atoms with Gasteiger partial charge < -0.3 is 10.8 Å². The Balaban J connectivity index is 2.24. The molecule has 23 heavy (non-hydrogen) atoms. The molecule has 0 saturated carbocycles. The molecule has 0 bridgehead atoms. The Morgan fingerprint density at radius 3 is 2.61 bits per heavy atom. The van der Waals surface area contributed by atoms with E-state index in [1.807, 2.05) is 0 Å². The topological polar surface area (TPSA) is 92.8 Å². The Hall–Kier alpha value is -1.61. The summed E-state index contributed by atoms with van der Waals surface area (Å²) in [5.74, 6) is -3.53. The maximum absolute atomic E-state index is 13.3. The van der Waals surface area contributed by atoms with Crippen molar-refractivity contribution in [3.63, 3.8) is 0 Å². The van der Waals surface area contributed by atoms with Gasteiger partial charge in [-0.25, -0.2) is 4.21 Å². The number of phenols is 1. The van der Waals surface area contributed by atoms with Gasteiger partial charge in [0.15, 0.2) is 0 Å². The first kappa shape index (κ1) is 17.7. The number of hydrogen-bond donors (Lipinski definition) is 2. The molecule has 1 amide bonds. The van der Waals surface area contributed by atoms with E-state index in [2.05, 4.69) is 4.36 Å². The van der Waals surface area contributed by atoms with Crippen LogP contribution in [0.5, 0.6) is 5.75 Å². The number of hydrogen-bond acceptors (Lipinski definition) is 4. The van der Waals surface area contributed by atoms with Gasteiger partial charge in [-0.05, 0) is 18.9 Å². The molecular weight excluding hydrogens is 333 g/mol. The van der Waals surface area contributed by atoms with Crippen molar-refractivity contribution in [2.75, 3.05) is 11.5 Å². The van der Waals surface area contributed by atoms with E-state index >= 15 is 0 Å². The Morgan fingerprint density at radius 1 is 1.39 bits per heavy atom. The first-order valence-electron chi connectivity index (χ1n) is 6.99. The maximum Gasteiger partial charge on any atom is 0.395 e. The second kappa shape index (κ2) is 6.48. The molecule has 0 spiro atoms. The van der Waals surface area contributed by atoms with Crippen molar-refractivity contribution in [2.45, 2.75) is 31.0 Å². The molecule has 1 aromatic carbocycles. The van der Waals surface area contributed by atoms with E-state index in [0.29, 0.717) is 0 Å². The van der Waals surface area contributed by atoms with Crippen LogP contribution in [0.1, 0.15) is 24.3 Å². The van der Waals surface area contributed by atoms with Crippen LogP contribution in [-0.2, 0) is 14.5 Å². The number of carbonyl (C=O) groups excluding carboxylic acids is 1. The molecule has 1 heterocycles. The highest BCUT2D eigenvalue weighted by Crippen LogP contribution is 2.41. The minimum Gasteiger partial charge on any atom is -0.508 e. The van der Waals surface area contributed by atoms with Crippen molar-refractivity contribution < 1.29 is 27.3 Å². The predicted molar refractivity (Wildman–Crippen MR) is 79.4 cm³/mol. The van der Waals surface area contributed by atoms with E-state index in [-0.39, 0.29) is 23.5 Å². The highest BCUT2D eigenvalue weighted by atomic mass is 32.2. The average molecular weight is 350 g/mol. The van der Waals surface area contributed by atoms with Gasteiger partial charge in [-0.15, -0.1) is 0 Å². The van der Waals surface area contributed by atoms with Crippen molar-refractivity contribution in [1.29, 1.82) is 0 Å². The van der Waals surface area contributed by atoms with Crippen LogP contribution < -0.4 is 5.73 Å². The summed E-state index contributed by atoms with van der Waals surface area (Å²) in [7, 11) is -3.03. The lowest BCUT2D eigenvalue weighted by molar-refractivity contribution is -0.151. The zero-order valence-corrected chi connectivity index (χ0v) is 12.9. The standard InChI is InChI=1S/C14H17F3N2O3S/c15-14(16,17)10(9-3-1-2-4-12(9)20)5-7-23(22)8-6-11(18)13(21)19-23/h1-4,10-11,20H,5-8,18H2. The van der Waals surface area contributed by atoms with E-state index in [9.17, 15) is 27.3 Å². The van der Waals surface area contributed by atoms with Gasteiger partial charge in [-0.2, -0.15) is 17.5 Å². The van der Waals surface area contributed by atoms with Crippen molar-refractivity contribution in [3.8, 4) is 5.75 Å². The zero-order valence-electron chi connectivity index (χ0n) is 12.1. The Morgan fingerprint density at radius 2 is 2.04 bits per heavy atom. The van der Waals surface area contributed by atoms with Gasteiger partial charge in [-0.3, -0.25) is 4.79 Å². The number of aromatic hydroxyl groups is 1. The Kier molecular flexibility index (Phi) is 5.00. The number of rotatable bonds is 4. The first-order valence-corrected chi connectivity index (χ1v) is 8.84. The minimum atomic E-state index is -4.61. The van der Waals surface area contributed by atoms with Gasteiger partial charge in [0, 0.05) is 17.1 Å². The van der Waals surface area contributed by atoms with Gasteiger partial charge in [-0.1, -0.05) is 18.2 Å². The van der Waals surface area contributed by atoms with Crippen molar-refractivity contribution in [2.24, 2.45) is 10.1 Å². The lowest BCUT2D eigenvalue weighted by Gasteiger charge is -2.23. The highest BCUT2D eigenvalue weighted by Gasteiger charge is 2.42. The summed E-state index contributed by atoms with van der Waals surface area (Å²) in [4.78, 5) is 11.4. The molecule has 0 aliphatic carbocycles. The maximum atomic E-state index is 13.3. The van der Waals surface area contributed by atoms with Crippen LogP contribution in [0.3, 0.4) is 0 Å². The van der Waals surface area contributed by atoms with Gasteiger partial charge in [0.05, 0.1) is 21.7 Å². The van der Waals surface area contributed by atoms with E-state index in [4.69, 9.17) is 5.73 Å². The normalized spacial score (nSPS) is 26.6. The molecule has 1 aliphatic rings. The number of carbonyl (C=O) groups is 1. The van der Waals surface area contributed by atoms with Crippen LogP contribution in [0.4, 0.5) is 13.2 Å². The zero-order chi connectivity index (χ0) is 17.3. The largest absolute Gasteiger partial charge is 0.508 e. The van der Waals surface area contributed by atoms with Crippen molar-refractivity contribution >= 4 is 15.6 Å². The fourth-order valence-electron chi connectivity index (χ4n) is 2.44. The summed E-state index contributed by atoms with van der Waals surface area (Å²) in [6.45, 7) is 0. The summed E-state index contributed by atoms with van der Waals surface area (Å²) in [5.41, 5.74) is 5.18. The number of halogens is 3. The number of para-hydroxylation sites is 1. The second-order valence-electron chi connectivity index (χ2n) is 5.45. The van der Waals surface area contributed by atoms with Crippen molar-refractivity contribution in [3.05, 3.63) is 29.8 Å².